The minimum absolute atomic E-state index is 0.161. The van der Waals surface area contributed by atoms with Crippen LogP contribution in [0.25, 0.3) is 0 Å². The van der Waals surface area contributed by atoms with Gasteiger partial charge in [-0.15, -0.1) is 0 Å². The fourth-order valence-corrected chi connectivity index (χ4v) is 3.78. The average molecular weight is 343 g/mol. The van der Waals surface area contributed by atoms with Crippen molar-refractivity contribution in [2.75, 3.05) is 13.1 Å². The van der Waals surface area contributed by atoms with E-state index in [-0.39, 0.29) is 11.4 Å². The summed E-state index contributed by atoms with van der Waals surface area (Å²) in [6.07, 6.45) is 5.86. The molecule has 0 aliphatic carbocycles. The van der Waals surface area contributed by atoms with E-state index in [1.165, 1.54) is 5.56 Å². The minimum atomic E-state index is -0.375. The van der Waals surface area contributed by atoms with E-state index >= 15 is 0 Å². The zero-order chi connectivity index (χ0) is 16.6. The third-order valence-corrected chi connectivity index (χ3v) is 5.18. The summed E-state index contributed by atoms with van der Waals surface area (Å²) in [6.45, 7) is 2.72. The smallest absolute Gasteiger partial charge is 0.170 e. The zero-order valence-corrected chi connectivity index (χ0v) is 14.1. The van der Waals surface area contributed by atoms with Gasteiger partial charge in [0.25, 0.3) is 0 Å². The normalized spacial score (nSPS) is 19.8. The number of halogens is 1. The van der Waals surface area contributed by atoms with Gasteiger partial charge in [0.05, 0.1) is 12.0 Å². The summed E-state index contributed by atoms with van der Waals surface area (Å²) in [6, 6.07) is 9.33. The summed E-state index contributed by atoms with van der Waals surface area (Å²) in [4.78, 5) is 19.1. The molecule has 1 spiro atoms. The lowest BCUT2D eigenvalue weighted by atomic mass is 9.82. The number of pyridine rings is 1. The van der Waals surface area contributed by atoms with Gasteiger partial charge in [0.1, 0.15) is 11.4 Å². The number of ether oxygens (including phenoxy) is 1. The van der Waals surface area contributed by atoms with E-state index < -0.39 is 0 Å². The van der Waals surface area contributed by atoms with E-state index in [0.29, 0.717) is 22.8 Å². The standard InChI is InChI=1S/C19H19ClN2O2/c20-15-3-4-16-17(23)11-19(24-18(16)10-15)5-8-22(9-6-19)13-14-2-1-7-21-12-14/h1-4,7,10,12H,5-6,8-9,11,13H2. The summed E-state index contributed by atoms with van der Waals surface area (Å²) < 4.78 is 6.27. The number of carbonyl (C=O) groups is 1. The van der Waals surface area contributed by atoms with E-state index in [2.05, 4.69) is 16.0 Å². The van der Waals surface area contributed by atoms with Crippen LogP contribution in [0, 0.1) is 0 Å². The highest BCUT2D eigenvalue weighted by Gasteiger charge is 2.42. The summed E-state index contributed by atoms with van der Waals surface area (Å²) in [5.74, 6) is 0.799. The molecule has 0 atom stereocenters. The topological polar surface area (TPSA) is 42.4 Å². The van der Waals surface area contributed by atoms with Gasteiger partial charge < -0.3 is 4.74 Å². The predicted octanol–water partition coefficient (Wildman–Crippen LogP) is 3.74. The number of rotatable bonds is 2. The molecule has 2 aliphatic heterocycles. The summed E-state index contributed by atoms with van der Waals surface area (Å²) in [5, 5.41) is 0.604. The Morgan fingerprint density at radius 1 is 1.25 bits per heavy atom. The Hall–Kier alpha value is -1.91. The first kappa shape index (κ1) is 15.6. The van der Waals surface area contributed by atoms with E-state index in [9.17, 15) is 4.79 Å². The second-order valence-corrected chi connectivity index (χ2v) is 7.10. The minimum Gasteiger partial charge on any atom is -0.486 e. The Labute approximate surface area is 146 Å². The van der Waals surface area contributed by atoms with Crippen LogP contribution >= 0.6 is 11.6 Å². The van der Waals surface area contributed by atoms with Gasteiger partial charge in [-0.05, 0) is 29.8 Å². The number of fused-ring (bicyclic) bond motifs is 1. The first-order valence-corrected chi connectivity index (χ1v) is 8.64. The Morgan fingerprint density at radius 3 is 2.83 bits per heavy atom. The van der Waals surface area contributed by atoms with E-state index in [1.54, 1.807) is 24.4 Å². The third kappa shape index (κ3) is 3.04. The Morgan fingerprint density at radius 2 is 2.08 bits per heavy atom. The molecule has 24 heavy (non-hydrogen) atoms. The lowest BCUT2D eigenvalue weighted by Crippen LogP contribution is -2.50. The van der Waals surface area contributed by atoms with Gasteiger partial charge >= 0.3 is 0 Å². The molecule has 0 saturated carbocycles. The van der Waals surface area contributed by atoms with Crippen LogP contribution in [0.5, 0.6) is 5.75 Å². The highest BCUT2D eigenvalue weighted by Crippen LogP contribution is 2.40. The van der Waals surface area contributed by atoms with Crippen molar-refractivity contribution in [3.8, 4) is 5.75 Å². The molecule has 4 rings (SSSR count). The number of hydrogen-bond donors (Lipinski definition) is 0. The lowest BCUT2D eigenvalue weighted by Gasteiger charge is -2.44. The number of piperidine rings is 1. The van der Waals surface area contributed by atoms with Crippen LogP contribution in [0.2, 0.25) is 5.02 Å². The van der Waals surface area contributed by atoms with Gasteiger partial charge in [0.2, 0.25) is 0 Å². The number of Topliss-reactive ketones (excluding diaryl/α,β-unsaturated/α-hetero) is 1. The van der Waals surface area contributed by atoms with Crippen LogP contribution in [0.3, 0.4) is 0 Å². The van der Waals surface area contributed by atoms with Crippen LogP contribution in [0.15, 0.2) is 42.7 Å². The molecular formula is C19H19ClN2O2. The van der Waals surface area contributed by atoms with Crippen molar-refractivity contribution in [1.82, 2.24) is 9.88 Å². The predicted molar refractivity (Wildman–Crippen MR) is 92.5 cm³/mol. The maximum atomic E-state index is 12.5. The molecule has 0 unspecified atom stereocenters. The molecular weight excluding hydrogens is 324 g/mol. The molecule has 3 heterocycles. The van der Waals surface area contributed by atoms with Crippen LogP contribution < -0.4 is 4.74 Å². The SMILES string of the molecule is O=C1CC2(CCN(Cc3cccnc3)CC2)Oc2cc(Cl)ccc21. The molecule has 124 valence electrons. The molecule has 0 bridgehead atoms. The van der Waals surface area contributed by atoms with Crippen molar-refractivity contribution >= 4 is 17.4 Å². The average Bonchev–Trinajstić information content (AvgIpc) is 2.58. The van der Waals surface area contributed by atoms with Crippen molar-refractivity contribution < 1.29 is 9.53 Å². The first-order valence-electron chi connectivity index (χ1n) is 8.27. The van der Waals surface area contributed by atoms with Crippen LogP contribution in [-0.2, 0) is 6.54 Å². The maximum absolute atomic E-state index is 12.5. The molecule has 0 N–H and O–H groups in total. The largest absolute Gasteiger partial charge is 0.486 e. The quantitative estimate of drug-likeness (QED) is 0.834. The van der Waals surface area contributed by atoms with Crippen LogP contribution in [0.4, 0.5) is 0 Å². The number of benzene rings is 1. The van der Waals surface area contributed by atoms with Crippen molar-refractivity contribution in [3.63, 3.8) is 0 Å². The van der Waals surface area contributed by atoms with Crippen LogP contribution in [-0.4, -0.2) is 34.4 Å². The Bertz CT molecular complexity index is 755. The van der Waals surface area contributed by atoms with Gasteiger partial charge in [0.15, 0.2) is 5.78 Å². The first-order chi connectivity index (χ1) is 11.6. The number of hydrogen-bond acceptors (Lipinski definition) is 4. The van der Waals surface area contributed by atoms with Gasteiger partial charge in [-0.25, -0.2) is 0 Å². The molecule has 1 aromatic heterocycles. The number of likely N-dealkylation sites (tertiary alicyclic amines) is 1. The number of ketones is 1. The van der Waals surface area contributed by atoms with E-state index in [0.717, 1.165) is 32.5 Å². The maximum Gasteiger partial charge on any atom is 0.170 e. The number of nitrogens with zero attached hydrogens (tertiary/aromatic N) is 2. The molecule has 0 radical (unpaired) electrons. The summed E-state index contributed by atoms with van der Waals surface area (Å²) in [5.41, 5.74) is 1.49. The fraction of sp³-hybridized carbons (Fsp3) is 0.368. The second kappa shape index (κ2) is 6.19. The molecule has 1 saturated heterocycles. The highest BCUT2D eigenvalue weighted by atomic mass is 35.5. The van der Waals surface area contributed by atoms with E-state index in [4.69, 9.17) is 16.3 Å². The fourth-order valence-electron chi connectivity index (χ4n) is 3.62. The number of carbonyl (C=O) groups excluding carboxylic acids is 1. The zero-order valence-electron chi connectivity index (χ0n) is 13.4. The second-order valence-electron chi connectivity index (χ2n) is 6.66. The van der Waals surface area contributed by atoms with Gasteiger partial charge in [-0.1, -0.05) is 17.7 Å². The Kier molecular flexibility index (Phi) is 4.02. The number of aromatic nitrogens is 1. The van der Waals surface area contributed by atoms with Crippen molar-refractivity contribution in [2.45, 2.75) is 31.4 Å². The monoisotopic (exact) mass is 342 g/mol. The lowest BCUT2D eigenvalue weighted by molar-refractivity contribution is -0.0107. The Balaban J connectivity index is 1.46. The van der Waals surface area contributed by atoms with Gasteiger partial charge in [-0.2, -0.15) is 0 Å². The molecule has 1 aromatic carbocycles. The summed E-state index contributed by atoms with van der Waals surface area (Å²) >= 11 is 6.06. The van der Waals surface area contributed by atoms with Gasteiger partial charge in [-0.3, -0.25) is 14.7 Å². The molecule has 2 aromatic rings. The van der Waals surface area contributed by atoms with Crippen LogP contribution in [0.1, 0.15) is 35.2 Å². The highest BCUT2D eigenvalue weighted by molar-refractivity contribution is 6.30. The molecule has 4 nitrogen and oxygen atoms in total. The van der Waals surface area contributed by atoms with Crippen molar-refractivity contribution in [2.24, 2.45) is 0 Å². The van der Waals surface area contributed by atoms with Crippen molar-refractivity contribution in [3.05, 3.63) is 58.9 Å². The van der Waals surface area contributed by atoms with Gasteiger partial charge in [0, 0.05) is 49.9 Å². The summed E-state index contributed by atoms with van der Waals surface area (Å²) in [7, 11) is 0. The third-order valence-electron chi connectivity index (χ3n) is 4.95. The molecule has 2 aliphatic rings. The van der Waals surface area contributed by atoms with Crippen molar-refractivity contribution in [1.29, 1.82) is 0 Å². The van der Waals surface area contributed by atoms with E-state index in [1.807, 2.05) is 12.3 Å². The molecule has 5 heteroatoms. The molecule has 1 fully saturated rings. The molecule has 0 amide bonds.